The van der Waals surface area contributed by atoms with Gasteiger partial charge in [0.25, 0.3) is 0 Å². The van der Waals surface area contributed by atoms with Gasteiger partial charge in [-0.1, -0.05) is 24.3 Å². The molecule has 24 heavy (non-hydrogen) atoms. The summed E-state index contributed by atoms with van der Waals surface area (Å²) >= 11 is 1.38. The van der Waals surface area contributed by atoms with Crippen molar-refractivity contribution >= 4 is 23.4 Å². The average molecular weight is 343 g/mol. The van der Waals surface area contributed by atoms with E-state index < -0.39 is 0 Å². The van der Waals surface area contributed by atoms with Crippen molar-refractivity contribution in [2.24, 2.45) is 0 Å². The molecule has 0 saturated carbocycles. The van der Waals surface area contributed by atoms with Gasteiger partial charge >= 0.3 is 0 Å². The van der Waals surface area contributed by atoms with Crippen LogP contribution in [0.1, 0.15) is 5.56 Å². The molecular weight excluding hydrogens is 325 g/mol. The third-order valence-electron chi connectivity index (χ3n) is 3.21. The second kappa shape index (κ2) is 9.06. The Balaban J connectivity index is 1.92. The first-order chi connectivity index (χ1) is 11.6. The zero-order valence-electron chi connectivity index (χ0n) is 13.3. The highest BCUT2D eigenvalue weighted by molar-refractivity contribution is 7.99. The summed E-state index contributed by atoms with van der Waals surface area (Å²) in [6, 6.07) is 15.8. The molecule has 2 aromatic rings. The molecule has 0 atom stereocenters. The van der Waals surface area contributed by atoms with Crippen LogP contribution >= 0.6 is 11.8 Å². The summed E-state index contributed by atoms with van der Waals surface area (Å²) in [5.41, 5.74) is 1.51. The Labute approximate surface area is 145 Å². The van der Waals surface area contributed by atoms with Crippen LogP contribution in [0.3, 0.4) is 0 Å². The predicted molar refractivity (Wildman–Crippen MR) is 94.1 cm³/mol. The zero-order chi connectivity index (χ0) is 17.4. The molecule has 0 saturated heterocycles. The molecule has 0 aliphatic rings. The number of hydrogen-bond acceptors (Lipinski definition) is 4. The van der Waals surface area contributed by atoms with E-state index in [1.807, 2.05) is 35.2 Å². The summed E-state index contributed by atoms with van der Waals surface area (Å²) in [6.07, 6.45) is 0. The predicted octanol–water partition coefficient (Wildman–Crippen LogP) is 3.51. The van der Waals surface area contributed by atoms with E-state index in [9.17, 15) is 9.18 Å². The van der Waals surface area contributed by atoms with Gasteiger partial charge in [-0.2, -0.15) is 5.26 Å². The summed E-state index contributed by atoms with van der Waals surface area (Å²) in [5, 5.41) is 11.6. The quantitative estimate of drug-likeness (QED) is 0.782. The molecule has 4 nitrogen and oxygen atoms in total. The lowest BCUT2D eigenvalue weighted by Gasteiger charge is -2.17. The van der Waals surface area contributed by atoms with E-state index >= 15 is 0 Å². The van der Waals surface area contributed by atoms with Gasteiger partial charge in [0.2, 0.25) is 5.91 Å². The van der Waals surface area contributed by atoms with Crippen molar-refractivity contribution in [3.05, 3.63) is 59.9 Å². The van der Waals surface area contributed by atoms with Gasteiger partial charge < -0.3 is 5.32 Å². The SMILES string of the molecule is CN(CC(=O)Nc1ccccc1SCC#N)Cc1cccc(F)c1. The van der Waals surface area contributed by atoms with Crippen LogP contribution in [-0.2, 0) is 11.3 Å². The number of benzene rings is 2. The van der Waals surface area contributed by atoms with Crippen LogP contribution in [0.2, 0.25) is 0 Å². The molecule has 0 heterocycles. The number of likely N-dealkylation sites (N-methyl/N-ethyl adjacent to an activating group) is 1. The maximum atomic E-state index is 13.2. The number of thioether (sulfide) groups is 1. The van der Waals surface area contributed by atoms with Crippen LogP contribution in [0, 0.1) is 17.1 Å². The smallest absolute Gasteiger partial charge is 0.238 e. The molecule has 2 aromatic carbocycles. The van der Waals surface area contributed by atoms with Crippen molar-refractivity contribution < 1.29 is 9.18 Å². The van der Waals surface area contributed by atoms with E-state index in [-0.39, 0.29) is 18.3 Å². The lowest BCUT2D eigenvalue weighted by Crippen LogP contribution is -2.30. The van der Waals surface area contributed by atoms with E-state index in [2.05, 4.69) is 11.4 Å². The molecule has 0 aliphatic heterocycles. The third kappa shape index (κ3) is 5.69. The molecule has 0 radical (unpaired) electrons. The monoisotopic (exact) mass is 343 g/mol. The van der Waals surface area contributed by atoms with Gasteiger partial charge in [0.15, 0.2) is 0 Å². The number of carbonyl (C=O) groups is 1. The lowest BCUT2D eigenvalue weighted by molar-refractivity contribution is -0.117. The number of nitrogens with one attached hydrogen (secondary N) is 1. The van der Waals surface area contributed by atoms with Gasteiger partial charge in [-0.25, -0.2) is 4.39 Å². The normalized spacial score (nSPS) is 10.4. The number of nitriles is 1. The largest absolute Gasteiger partial charge is 0.324 e. The number of amides is 1. The Kier molecular flexibility index (Phi) is 6.79. The maximum Gasteiger partial charge on any atom is 0.238 e. The van der Waals surface area contributed by atoms with Crippen molar-refractivity contribution in [1.82, 2.24) is 4.90 Å². The molecule has 124 valence electrons. The molecule has 0 spiro atoms. The molecule has 0 unspecified atom stereocenters. The lowest BCUT2D eigenvalue weighted by atomic mass is 10.2. The first kappa shape index (κ1) is 18.0. The van der Waals surface area contributed by atoms with Crippen LogP contribution in [0.15, 0.2) is 53.4 Å². The van der Waals surface area contributed by atoms with E-state index in [0.29, 0.717) is 18.0 Å². The number of nitrogens with zero attached hydrogens (tertiary/aromatic N) is 2. The van der Waals surface area contributed by atoms with E-state index in [0.717, 1.165) is 10.5 Å². The standard InChI is InChI=1S/C18H18FN3OS/c1-22(12-14-5-4-6-15(19)11-14)13-18(23)21-16-7-2-3-8-17(16)24-10-9-20/h2-8,11H,10,12-13H2,1H3,(H,21,23). The van der Waals surface area contributed by atoms with Crippen LogP contribution in [0.4, 0.5) is 10.1 Å². The fourth-order valence-electron chi connectivity index (χ4n) is 2.24. The topological polar surface area (TPSA) is 56.1 Å². The minimum Gasteiger partial charge on any atom is -0.324 e. The van der Waals surface area contributed by atoms with E-state index in [1.54, 1.807) is 13.1 Å². The van der Waals surface area contributed by atoms with Gasteiger partial charge in [-0.05, 0) is 36.9 Å². The van der Waals surface area contributed by atoms with Crippen LogP contribution in [0.25, 0.3) is 0 Å². The second-order valence-electron chi connectivity index (χ2n) is 5.29. The highest BCUT2D eigenvalue weighted by Crippen LogP contribution is 2.26. The number of para-hydroxylation sites is 1. The Morgan fingerprint density at radius 1 is 1.29 bits per heavy atom. The van der Waals surface area contributed by atoms with Gasteiger partial charge in [0.05, 0.1) is 24.1 Å². The zero-order valence-corrected chi connectivity index (χ0v) is 14.1. The second-order valence-corrected chi connectivity index (χ2v) is 6.31. The molecule has 0 aromatic heterocycles. The van der Waals surface area contributed by atoms with Gasteiger partial charge in [-0.15, -0.1) is 11.8 Å². The Bertz CT molecular complexity index is 745. The average Bonchev–Trinajstić information content (AvgIpc) is 2.53. The number of hydrogen-bond donors (Lipinski definition) is 1. The van der Waals surface area contributed by atoms with Gasteiger partial charge in [0.1, 0.15) is 5.82 Å². The van der Waals surface area contributed by atoms with Crippen molar-refractivity contribution in [2.75, 3.05) is 24.7 Å². The minimum atomic E-state index is -0.284. The number of anilines is 1. The highest BCUT2D eigenvalue weighted by atomic mass is 32.2. The first-order valence-electron chi connectivity index (χ1n) is 7.40. The molecule has 6 heteroatoms. The van der Waals surface area contributed by atoms with Crippen molar-refractivity contribution in [3.63, 3.8) is 0 Å². The molecular formula is C18H18FN3OS. The van der Waals surface area contributed by atoms with E-state index in [4.69, 9.17) is 5.26 Å². The molecule has 1 N–H and O–H groups in total. The summed E-state index contributed by atoms with van der Waals surface area (Å²) in [6.45, 7) is 0.670. The fraction of sp³-hybridized carbons (Fsp3) is 0.222. The summed E-state index contributed by atoms with van der Waals surface area (Å²) in [7, 11) is 1.81. The van der Waals surface area contributed by atoms with Gasteiger partial charge in [0, 0.05) is 11.4 Å². The van der Waals surface area contributed by atoms with Crippen molar-refractivity contribution in [1.29, 1.82) is 5.26 Å². The third-order valence-corrected chi connectivity index (χ3v) is 4.15. The van der Waals surface area contributed by atoms with Crippen molar-refractivity contribution in [2.45, 2.75) is 11.4 Å². The summed E-state index contributed by atoms with van der Waals surface area (Å²) < 4.78 is 13.2. The van der Waals surface area contributed by atoms with E-state index in [1.165, 1.54) is 23.9 Å². The summed E-state index contributed by atoms with van der Waals surface area (Å²) in [4.78, 5) is 14.9. The van der Waals surface area contributed by atoms with Gasteiger partial charge in [-0.3, -0.25) is 9.69 Å². The number of halogens is 1. The number of rotatable bonds is 7. The Morgan fingerprint density at radius 3 is 2.83 bits per heavy atom. The number of carbonyl (C=O) groups excluding carboxylic acids is 1. The minimum absolute atomic E-state index is 0.154. The molecule has 2 rings (SSSR count). The Hall–Kier alpha value is -2.36. The molecule has 0 bridgehead atoms. The first-order valence-corrected chi connectivity index (χ1v) is 8.38. The van der Waals surface area contributed by atoms with Crippen LogP contribution < -0.4 is 5.32 Å². The van der Waals surface area contributed by atoms with Crippen molar-refractivity contribution in [3.8, 4) is 6.07 Å². The van der Waals surface area contributed by atoms with Crippen LogP contribution in [0.5, 0.6) is 0 Å². The maximum absolute atomic E-state index is 13.2. The highest BCUT2D eigenvalue weighted by Gasteiger charge is 2.10. The van der Waals surface area contributed by atoms with Crippen LogP contribution in [-0.4, -0.2) is 30.2 Å². The fourth-order valence-corrected chi connectivity index (χ4v) is 2.91. The molecule has 0 fully saturated rings. The Morgan fingerprint density at radius 2 is 2.08 bits per heavy atom. The molecule has 0 aliphatic carbocycles. The summed E-state index contributed by atoms with van der Waals surface area (Å²) in [5.74, 6) is -0.112. The molecule has 1 amide bonds.